The third-order valence-corrected chi connectivity index (χ3v) is 4.70. The Morgan fingerprint density at radius 3 is 2.45 bits per heavy atom. The molecule has 0 saturated carbocycles. The van der Waals surface area contributed by atoms with E-state index in [-0.39, 0.29) is 0 Å². The largest absolute Gasteiger partial charge is 0.497 e. The van der Waals surface area contributed by atoms with Crippen LogP contribution in [-0.2, 0) is 13.1 Å². The predicted octanol–water partition coefficient (Wildman–Crippen LogP) is 4.89. The summed E-state index contributed by atoms with van der Waals surface area (Å²) in [6, 6.07) is 19.8. The molecule has 2 aromatic carbocycles. The molecule has 0 aliphatic heterocycles. The summed E-state index contributed by atoms with van der Waals surface area (Å²) >= 11 is 5.76. The van der Waals surface area contributed by atoms with Crippen molar-refractivity contribution in [2.75, 3.05) is 19.0 Å². The molecule has 0 saturated heterocycles. The first kappa shape index (κ1) is 20.6. The third-order valence-electron chi connectivity index (χ3n) is 4.34. The highest BCUT2D eigenvalue weighted by atomic mass is 32.1. The zero-order chi connectivity index (χ0) is 20.5. The number of thiocarbonyl (C=S) groups is 1. The normalized spacial score (nSPS) is 10.3. The molecule has 0 fully saturated rings. The lowest BCUT2D eigenvalue weighted by atomic mass is 10.2. The number of nitrogens with one attached hydrogen (secondary N) is 1. The van der Waals surface area contributed by atoms with Gasteiger partial charge in [-0.05, 0) is 60.6 Å². The van der Waals surface area contributed by atoms with Crippen LogP contribution in [0.25, 0.3) is 0 Å². The number of anilines is 1. The van der Waals surface area contributed by atoms with E-state index in [0.29, 0.717) is 24.8 Å². The minimum Gasteiger partial charge on any atom is -0.497 e. The monoisotopic (exact) mass is 407 g/mol. The Morgan fingerprint density at radius 1 is 1.00 bits per heavy atom. The lowest BCUT2D eigenvalue weighted by Crippen LogP contribution is -2.34. The summed E-state index contributed by atoms with van der Waals surface area (Å²) in [5.41, 5.74) is 3.07. The Hall–Kier alpha value is -3.12. The Balaban J connectivity index is 1.80. The quantitative estimate of drug-likeness (QED) is 0.537. The number of pyridine rings is 1. The molecule has 0 spiro atoms. The van der Waals surface area contributed by atoms with Crippen LogP contribution in [-0.4, -0.2) is 28.7 Å². The number of methoxy groups -OCH3 is 1. The molecule has 29 heavy (non-hydrogen) atoms. The predicted molar refractivity (Wildman–Crippen MR) is 120 cm³/mol. The number of ether oxygens (including phenoxy) is 2. The third kappa shape index (κ3) is 5.93. The summed E-state index contributed by atoms with van der Waals surface area (Å²) in [5, 5.41) is 3.97. The van der Waals surface area contributed by atoms with Crippen molar-refractivity contribution in [3.63, 3.8) is 0 Å². The summed E-state index contributed by atoms with van der Waals surface area (Å²) < 4.78 is 11.0. The molecule has 0 amide bonds. The van der Waals surface area contributed by atoms with E-state index in [1.807, 2.05) is 73.8 Å². The first-order valence-electron chi connectivity index (χ1n) is 9.49. The van der Waals surface area contributed by atoms with Gasteiger partial charge in [-0.15, -0.1) is 0 Å². The Bertz CT molecular complexity index is 917. The van der Waals surface area contributed by atoms with Crippen LogP contribution in [0.5, 0.6) is 11.5 Å². The maximum Gasteiger partial charge on any atom is 0.174 e. The van der Waals surface area contributed by atoms with Gasteiger partial charge in [0.05, 0.1) is 19.4 Å². The topological polar surface area (TPSA) is 46.6 Å². The zero-order valence-corrected chi connectivity index (χ0v) is 17.5. The molecule has 1 N–H and O–H groups in total. The van der Waals surface area contributed by atoms with Crippen LogP contribution < -0.4 is 14.8 Å². The molecule has 0 atom stereocenters. The average molecular weight is 408 g/mol. The van der Waals surface area contributed by atoms with E-state index in [4.69, 9.17) is 21.7 Å². The van der Waals surface area contributed by atoms with Crippen molar-refractivity contribution in [1.82, 2.24) is 9.88 Å². The molecule has 5 nitrogen and oxygen atoms in total. The molecule has 0 aliphatic carbocycles. The summed E-state index contributed by atoms with van der Waals surface area (Å²) in [5.74, 6) is 1.61. The second kappa shape index (κ2) is 10.4. The van der Waals surface area contributed by atoms with Crippen molar-refractivity contribution in [2.45, 2.75) is 20.0 Å². The van der Waals surface area contributed by atoms with Crippen LogP contribution in [0.15, 0.2) is 73.1 Å². The van der Waals surface area contributed by atoms with Crippen molar-refractivity contribution < 1.29 is 9.47 Å². The van der Waals surface area contributed by atoms with E-state index in [2.05, 4.69) is 15.2 Å². The molecule has 0 unspecified atom stereocenters. The van der Waals surface area contributed by atoms with Gasteiger partial charge in [0.15, 0.2) is 5.11 Å². The second-order valence-corrected chi connectivity index (χ2v) is 6.81. The SMILES string of the molecule is CCOc1ccccc1NC(=S)N(Cc1ccc(OC)cc1)Cc1cccnc1. The number of hydrogen-bond acceptors (Lipinski definition) is 4. The number of nitrogens with zero attached hydrogens (tertiary/aromatic N) is 2. The van der Waals surface area contributed by atoms with Gasteiger partial charge in [0, 0.05) is 25.5 Å². The molecule has 0 aliphatic rings. The van der Waals surface area contributed by atoms with Gasteiger partial charge in [-0.25, -0.2) is 0 Å². The van der Waals surface area contributed by atoms with Gasteiger partial charge in [-0.3, -0.25) is 4.98 Å². The Kier molecular flexibility index (Phi) is 7.41. The molecule has 1 aromatic heterocycles. The van der Waals surface area contributed by atoms with E-state index < -0.39 is 0 Å². The van der Waals surface area contributed by atoms with Crippen LogP contribution in [0.3, 0.4) is 0 Å². The van der Waals surface area contributed by atoms with Gasteiger partial charge < -0.3 is 19.7 Å². The number of aromatic nitrogens is 1. The second-order valence-electron chi connectivity index (χ2n) is 6.42. The van der Waals surface area contributed by atoms with E-state index in [1.54, 1.807) is 13.3 Å². The smallest absolute Gasteiger partial charge is 0.174 e. The van der Waals surface area contributed by atoms with Crippen molar-refractivity contribution in [1.29, 1.82) is 0 Å². The molecule has 0 radical (unpaired) electrons. The Labute approximate surface area is 177 Å². The summed E-state index contributed by atoms with van der Waals surface area (Å²) in [6.07, 6.45) is 3.63. The van der Waals surface area contributed by atoms with Gasteiger partial charge in [-0.2, -0.15) is 0 Å². The van der Waals surface area contributed by atoms with Crippen molar-refractivity contribution in [3.8, 4) is 11.5 Å². The number of rotatable bonds is 8. The van der Waals surface area contributed by atoms with Crippen LogP contribution in [0.2, 0.25) is 0 Å². The van der Waals surface area contributed by atoms with Gasteiger partial charge in [0.25, 0.3) is 0 Å². The fourth-order valence-corrected chi connectivity index (χ4v) is 3.15. The number of para-hydroxylation sites is 2. The summed E-state index contributed by atoms with van der Waals surface area (Å²) in [4.78, 5) is 6.33. The summed E-state index contributed by atoms with van der Waals surface area (Å²) in [7, 11) is 1.67. The van der Waals surface area contributed by atoms with Crippen molar-refractivity contribution in [3.05, 3.63) is 84.2 Å². The highest BCUT2D eigenvalue weighted by Gasteiger charge is 2.14. The zero-order valence-electron chi connectivity index (χ0n) is 16.7. The van der Waals surface area contributed by atoms with Gasteiger partial charge in [-0.1, -0.05) is 30.3 Å². The van der Waals surface area contributed by atoms with Crippen LogP contribution in [0.1, 0.15) is 18.1 Å². The first-order chi connectivity index (χ1) is 14.2. The maximum atomic E-state index is 5.76. The highest BCUT2D eigenvalue weighted by Crippen LogP contribution is 2.25. The minimum absolute atomic E-state index is 0.594. The van der Waals surface area contributed by atoms with Gasteiger partial charge >= 0.3 is 0 Å². The van der Waals surface area contributed by atoms with Crippen LogP contribution in [0, 0.1) is 0 Å². The maximum absolute atomic E-state index is 5.76. The highest BCUT2D eigenvalue weighted by molar-refractivity contribution is 7.80. The molecule has 3 rings (SSSR count). The molecule has 6 heteroatoms. The van der Waals surface area contributed by atoms with Crippen LogP contribution >= 0.6 is 12.2 Å². The van der Waals surface area contributed by atoms with Crippen molar-refractivity contribution in [2.24, 2.45) is 0 Å². The van der Waals surface area contributed by atoms with Gasteiger partial charge in [0.1, 0.15) is 11.5 Å². The molecule has 150 valence electrons. The van der Waals surface area contributed by atoms with Gasteiger partial charge in [0.2, 0.25) is 0 Å². The minimum atomic E-state index is 0.594. The van der Waals surface area contributed by atoms with E-state index >= 15 is 0 Å². The fraction of sp³-hybridized carbons (Fsp3) is 0.217. The molecular weight excluding hydrogens is 382 g/mol. The lowest BCUT2D eigenvalue weighted by molar-refractivity contribution is 0.342. The molecule has 1 heterocycles. The molecular formula is C23H25N3O2S. The summed E-state index contributed by atoms with van der Waals surface area (Å²) in [6.45, 7) is 3.86. The van der Waals surface area contributed by atoms with Crippen molar-refractivity contribution >= 4 is 23.0 Å². The molecule has 3 aromatic rings. The fourth-order valence-electron chi connectivity index (χ4n) is 2.91. The number of hydrogen-bond donors (Lipinski definition) is 1. The van der Waals surface area contributed by atoms with Crippen LogP contribution in [0.4, 0.5) is 5.69 Å². The number of benzene rings is 2. The average Bonchev–Trinajstić information content (AvgIpc) is 2.76. The molecule has 0 bridgehead atoms. The first-order valence-corrected chi connectivity index (χ1v) is 9.90. The van der Waals surface area contributed by atoms with E-state index in [1.165, 1.54) is 0 Å². The van der Waals surface area contributed by atoms with E-state index in [0.717, 1.165) is 28.3 Å². The standard InChI is InChI=1S/C23H25N3O2S/c1-3-28-22-9-5-4-8-21(22)25-23(29)26(17-19-7-6-14-24-15-19)16-18-10-12-20(27-2)13-11-18/h4-15H,3,16-17H2,1-2H3,(H,25,29). The lowest BCUT2D eigenvalue weighted by Gasteiger charge is -2.27. The Morgan fingerprint density at radius 2 is 1.76 bits per heavy atom. The van der Waals surface area contributed by atoms with E-state index in [9.17, 15) is 0 Å².